The molecule has 0 atom stereocenters. The fourth-order valence-electron chi connectivity index (χ4n) is 5.19. The Morgan fingerprint density at radius 1 is 1.06 bits per heavy atom. The molecule has 2 aliphatic rings. The molecular weight excluding hydrogens is 452 g/mol. The number of aromatic nitrogens is 1. The average molecular weight is 493 g/mol. The van der Waals surface area contributed by atoms with Crippen LogP contribution in [0.4, 0.5) is 5.69 Å². The SMILES string of the molecule is CC(=O)N1CCCCCCCN(Cc2cccnc2)Cc2cc(C(=O)NCC3CCOCC3)ccc21. The molecule has 194 valence electrons. The average Bonchev–Trinajstić information content (AvgIpc) is 2.89. The summed E-state index contributed by atoms with van der Waals surface area (Å²) in [6.45, 7) is 6.99. The standard InChI is InChI=1S/C29H40N4O3/c1-23(34)33-15-6-4-2-3-5-14-32(21-25-8-7-13-30-19-25)22-27-18-26(9-10-28(27)33)29(35)31-20-24-11-16-36-17-12-24/h7-10,13,18-19,24H,2-6,11-12,14-17,20-22H2,1H3,(H,31,35). The number of fused-ring (bicyclic) bond motifs is 1. The number of pyridine rings is 1. The fourth-order valence-corrected chi connectivity index (χ4v) is 5.19. The van der Waals surface area contributed by atoms with E-state index >= 15 is 0 Å². The molecule has 0 aliphatic carbocycles. The zero-order valence-electron chi connectivity index (χ0n) is 21.6. The van der Waals surface area contributed by atoms with Crippen LogP contribution in [0.2, 0.25) is 0 Å². The third-order valence-electron chi connectivity index (χ3n) is 7.28. The molecule has 7 nitrogen and oxygen atoms in total. The molecule has 7 heteroatoms. The second-order valence-corrected chi connectivity index (χ2v) is 10.1. The lowest BCUT2D eigenvalue weighted by Crippen LogP contribution is -2.34. The zero-order valence-corrected chi connectivity index (χ0v) is 21.6. The minimum absolute atomic E-state index is 0.0452. The molecule has 0 radical (unpaired) electrons. The number of nitrogens with one attached hydrogen (secondary N) is 1. The highest BCUT2D eigenvalue weighted by Crippen LogP contribution is 2.27. The number of benzene rings is 1. The van der Waals surface area contributed by atoms with Crippen LogP contribution in [0.25, 0.3) is 0 Å². The van der Waals surface area contributed by atoms with Gasteiger partial charge in [-0.1, -0.05) is 25.3 Å². The molecule has 3 heterocycles. The van der Waals surface area contributed by atoms with E-state index in [4.69, 9.17) is 4.74 Å². The quantitative estimate of drug-likeness (QED) is 0.663. The Labute approximate surface area is 215 Å². The number of carbonyl (C=O) groups is 2. The van der Waals surface area contributed by atoms with Gasteiger partial charge in [0, 0.05) is 70.0 Å². The molecule has 36 heavy (non-hydrogen) atoms. The van der Waals surface area contributed by atoms with Crippen molar-refractivity contribution in [1.82, 2.24) is 15.2 Å². The van der Waals surface area contributed by atoms with E-state index in [1.165, 1.54) is 18.4 Å². The third kappa shape index (κ3) is 7.61. The number of anilines is 1. The van der Waals surface area contributed by atoms with Crippen LogP contribution >= 0.6 is 0 Å². The van der Waals surface area contributed by atoms with Crippen LogP contribution in [-0.2, 0) is 22.6 Å². The van der Waals surface area contributed by atoms with Gasteiger partial charge in [-0.05, 0) is 73.5 Å². The van der Waals surface area contributed by atoms with E-state index in [2.05, 4.69) is 21.3 Å². The topological polar surface area (TPSA) is 74.8 Å². The minimum atomic E-state index is -0.0522. The molecular formula is C29H40N4O3. The van der Waals surface area contributed by atoms with Gasteiger partial charge in [0.05, 0.1) is 0 Å². The molecule has 1 saturated heterocycles. The molecule has 1 fully saturated rings. The highest BCUT2D eigenvalue weighted by Gasteiger charge is 2.21. The zero-order chi connectivity index (χ0) is 25.2. The number of ether oxygens (including phenoxy) is 1. The predicted octanol–water partition coefficient (Wildman–Crippen LogP) is 4.56. The van der Waals surface area contributed by atoms with Crippen LogP contribution in [-0.4, -0.2) is 54.5 Å². The first-order valence-corrected chi connectivity index (χ1v) is 13.5. The molecule has 2 aliphatic heterocycles. The number of hydrogen-bond donors (Lipinski definition) is 1. The molecule has 1 aromatic heterocycles. The largest absolute Gasteiger partial charge is 0.381 e. The van der Waals surface area contributed by atoms with Crippen molar-refractivity contribution in [2.24, 2.45) is 5.92 Å². The summed E-state index contributed by atoms with van der Waals surface area (Å²) < 4.78 is 5.44. The second-order valence-electron chi connectivity index (χ2n) is 10.1. The van der Waals surface area contributed by atoms with Crippen LogP contribution < -0.4 is 10.2 Å². The van der Waals surface area contributed by atoms with Gasteiger partial charge in [0.15, 0.2) is 0 Å². The number of amides is 2. The first-order valence-electron chi connectivity index (χ1n) is 13.5. The van der Waals surface area contributed by atoms with Crippen molar-refractivity contribution in [2.45, 2.75) is 65.0 Å². The van der Waals surface area contributed by atoms with Crippen molar-refractivity contribution >= 4 is 17.5 Å². The fraction of sp³-hybridized carbons (Fsp3) is 0.552. The summed E-state index contributed by atoms with van der Waals surface area (Å²) in [6.07, 6.45) is 11.3. The Balaban J connectivity index is 1.58. The number of hydrogen-bond acceptors (Lipinski definition) is 5. The van der Waals surface area contributed by atoms with E-state index in [9.17, 15) is 9.59 Å². The van der Waals surface area contributed by atoms with Crippen molar-refractivity contribution in [2.75, 3.05) is 37.7 Å². The molecule has 0 spiro atoms. The van der Waals surface area contributed by atoms with E-state index in [1.807, 2.05) is 35.4 Å². The maximum Gasteiger partial charge on any atom is 0.251 e. The summed E-state index contributed by atoms with van der Waals surface area (Å²) in [5.74, 6) is 0.461. The Kier molecular flexibility index (Phi) is 9.87. The van der Waals surface area contributed by atoms with Gasteiger partial charge in [0.1, 0.15) is 0 Å². The Morgan fingerprint density at radius 3 is 2.58 bits per heavy atom. The summed E-state index contributed by atoms with van der Waals surface area (Å²) in [5, 5.41) is 3.13. The van der Waals surface area contributed by atoms with Crippen LogP contribution in [0, 0.1) is 5.92 Å². The second kappa shape index (κ2) is 13.5. The first-order chi connectivity index (χ1) is 17.6. The van der Waals surface area contributed by atoms with E-state index in [0.717, 1.165) is 69.7 Å². The number of carbonyl (C=O) groups excluding carboxylic acids is 2. The molecule has 0 bridgehead atoms. The van der Waals surface area contributed by atoms with Gasteiger partial charge in [-0.3, -0.25) is 19.5 Å². The highest BCUT2D eigenvalue weighted by atomic mass is 16.5. The number of nitrogens with zero attached hydrogens (tertiary/aromatic N) is 3. The summed E-state index contributed by atoms with van der Waals surface area (Å²) in [5.41, 5.74) is 3.76. The highest BCUT2D eigenvalue weighted by molar-refractivity contribution is 5.97. The van der Waals surface area contributed by atoms with Crippen molar-refractivity contribution in [1.29, 1.82) is 0 Å². The van der Waals surface area contributed by atoms with Gasteiger partial charge in [-0.15, -0.1) is 0 Å². The molecule has 0 unspecified atom stereocenters. The summed E-state index contributed by atoms with van der Waals surface area (Å²) in [6, 6.07) is 9.90. The van der Waals surface area contributed by atoms with Crippen LogP contribution in [0.15, 0.2) is 42.7 Å². The third-order valence-corrected chi connectivity index (χ3v) is 7.28. The summed E-state index contributed by atoms with van der Waals surface area (Å²) in [4.78, 5) is 34.4. The first kappa shape index (κ1) is 26.3. The van der Waals surface area contributed by atoms with E-state index in [-0.39, 0.29) is 11.8 Å². The summed E-state index contributed by atoms with van der Waals surface area (Å²) in [7, 11) is 0. The lowest BCUT2D eigenvalue weighted by atomic mass is 10.00. The minimum Gasteiger partial charge on any atom is -0.381 e. The maximum absolute atomic E-state index is 13.1. The van der Waals surface area contributed by atoms with Gasteiger partial charge in [0.2, 0.25) is 5.91 Å². The van der Waals surface area contributed by atoms with Gasteiger partial charge in [-0.2, -0.15) is 0 Å². The Bertz CT molecular complexity index is 991. The Morgan fingerprint density at radius 2 is 1.83 bits per heavy atom. The van der Waals surface area contributed by atoms with Gasteiger partial charge < -0.3 is 15.0 Å². The molecule has 1 N–H and O–H groups in total. The Hall–Kier alpha value is -2.77. The summed E-state index contributed by atoms with van der Waals surface area (Å²) >= 11 is 0. The maximum atomic E-state index is 13.1. The van der Waals surface area contributed by atoms with Crippen molar-refractivity contribution in [3.8, 4) is 0 Å². The van der Waals surface area contributed by atoms with Gasteiger partial charge >= 0.3 is 0 Å². The molecule has 1 aromatic carbocycles. The van der Waals surface area contributed by atoms with Gasteiger partial charge in [0.25, 0.3) is 5.91 Å². The molecule has 4 rings (SSSR count). The van der Waals surface area contributed by atoms with E-state index in [1.54, 1.807) is 13.1 Å². The normalized spacial score (nSPS) is 18.5. The molecule has 2 amide bonds. The van der Waals surface area contributed by atoms with E-state index in [0.29, 0.717) is 31.1 Å². The van der Waals surface area contributed by atoms with Crippen molar-refractivity contribution < 1.29 is 14.3 Å². The van der Waals surface area contributed by atoms with Crippen LogP contribution in [0.3, 0.4) is 0 Å². The molecule has 2 aromatic rings. The predicted molar refractivity (Wildman–Crippen MR) is 142 cm³/mol. The lowest BCUT2D eigenvalue weighted by molar-refractivity contribution is -0.116. The van der Waals surface area contributed by atoms with Crippen molar-refractivity contribution in [3.63, 3.8) is 0 Å². The number of rotatable bonds is 5. The lowest BCUT2D eigenvalue weighted by Gasteiger charge is -2.29. The monoisotopic (exact) mass is 492 g/mol. The van der Waals surface area contributed by atoms with Gasteiger partial charge in [-0.25, -0.2) is 0 Å². The smallest absolute Gasteiger partial charge is 0.251 e. The van der Waals surface area contributed by atoms with Crippen molar-refractivity contribution in [3.05, 3.63) is 59.4 Å². The molecule has 0 saturated carbocycles. The van der Waals surface area contributed by atoms with Crippen LogP contribution in [0.5, 0.6) is 0 Å². The van der Waals surface area contributed by atoms with Crippen LogP contribution in [0.1, 0.15) is 73.4 Å². The van der Waals surface area contributed by atoms with E-state index < -0.39 is 0 Å².